The Morgan fingerprint density at radius 3 is 2.33 bits per heavy atom. The summed E-state index contributed by atoms with van der Waals surface area (Å²) >= 11 is 0. The number of alkyl carbamates (subject to hydrolysis) is 1. The van der Waals surface area contributed by atoms with Crippen LogP contribution in [0.5, 0.6) is 0 Å². The maximum absolute atomic E-state index is 13.9. The number of carbonyl (C=O) groups is 2. The number of carbonyl (C=O) groups excluding carboxylic acids is 2. The van der Waals surface area contributed by atoms with Gasteiger partial charge in [0.1, 0.15) is 23.3 Å². The first-order valence-corrected chi connectivity index (χ1v) is 9.09. The Labute approximate surface area is 158 Å². The Kier molecular flexibility index (Phi) is 6.62. The standard InChI is InChI=1S/C19H27F2N3O3/c1-5-15(22-18(26)27-19(2,3)4)17(25)24-10-8-23(9-11-24)16-7-6-13(20)12-14(16)21/h6-7,12,15H,5,8-11H2,1-4H3,(H,22,26)/t15-/m0/s1. The number of nitrogens with zero attached hydrogens (tertiary/aromatic N) is 2. The third kappa shape index (κ3) is 5.80. The smallest absolute Gasteiger partial charge is 0.408 e. The van der Waals surface area contributed by atoms with Crippen LogP contribution in [-0.4, -0.2) is 54.7 Å². The minimum Gasteiger partial charge on any atom is -0.444 e. The number of benzene rings is 1. The molecule has 2 rings (SSSR count). The first-order valence-electron chi connectivity index (χ1n) is 9.09. The third-order valence-corrected chi connectivity index (χ3v) is 4.24. The summed E-state index contributed by atoms with van der Waals surface area (Å²) in [6.45, 7) is 8.71. The van der Waals surface area contributed by atoms with E-state index in [2.05, 4.69) is 5.32 Å². The highest BCUT2D eigenvalue weighted by Gasteiger charge is 2.29. The van der Waals surface area contributed by atoms with E-state index in [0.29, 0.717) is 38.3 Å². The molecule has 0 aliphatic carbocycles. The van der Waals surface area contributed by atoms with Gasteiger partial charge in [0.25, 0.3) is 0 Å². The summed E-state index contributed by atoms with van der Waals surface area (Å²) in [7, 11) is 0. The van der Waals surface area contributed by atoms with E-state index in [1.54, 1.807) is 30.6 Å². The Balaban J connectivity index is 1.93. The van der Waals surface area contributed by atoms with Crippen LogP contribution in [0, 0.1) is 11.6 Å². The fourth-order valence-corrected chi connectivity index (χ4v) is 2.91. The van der Waals surface area contributed by atoms with Crippen LogP contribution in [0.1, 0.15) is 34.1 Å². The second-order valence-corrected chi connectivity index (χ2v) is 7.52. The summed E-state index contributed by atoms with van der Waals surface area (Å²) < 4.78 is 32.2. The quantitative estimate of drug-likeness (QED) is 0.869. The molecule has 8 heteroatoms. The molecular formula is C19H27F2N3O3. The third-order valence-electron chi connectivity index (χ3n) is 4.24. The lowest BCUT2D eigenvalue weighted by Crippen LogP contribution is -2.55. The molecule has 1 saturated heterocycles. The average molecular weight is 383 g/mol. The fraction of sp³-hybridized carbons (Fsp3) is 0.579. The predicted molar refractivity (Wildman–Crippen MR) is 98.6 cm³/mol. The van der Waals surface area contributed by atoms with Crippen molar-refractivity contribution >= 4 is 17.7 Å². The Bertz CT molecular complexity index is 683. The summed E-state index contributed by atoms with van der Waals surface area (Å²) in [5.74, 6) is -1.43. The van der Waals surface area contributed by atoms with Gasteiger partial charge in [-0.15, -0.1) is 0 Å². The van der Waals surface area contributed by atoms with Crippen molar-refractivity contribution in [1.82, 2.24) is 10.2 Å². The highest BCUT2D eigenvalue weighted by molar-refractivity contribution is 5.86. The van der Waals surface area contributed by atoms with E-state index in [9.17, 15) is 18.4 Å². The van der Waals surface area contributed by atoms with Crippen LogP contribution in [0.25, 0.3) is 0 Å². The summed E-state index contributed by atoms with van der Waals surface area (Å²) in [4.78, 5) is 28.1. The van der Waals surface area contributed by atoms with E-state index in [-0.39, 0.29) is 5.91 Å². The molecule has 0 spiro atoms. The molecule has 0 unspecified atom stereocenters. The highest BCUT2D eigenvalue weighted by atomic mass is 19.1. The Morgan fingerprint density at radius 1 is 1.19 bits per heavy atom. The van der Waals surface area contributed by atoms with Gasteiger partial charge in [-0.25, -0.2) is 13.6 Å². The molecule has 1 aromatic carbocycles. The predicted octanol–water partition coefficient (Wildman–Crippen LogP) is 2.92. The summed E-state index contributed by atoms with van der Waals surface area (Å²) in [5.41, 5.74) is -0.321. The van der Waals surface area contributed by atoms with E-state index in [1.807, 2.05) is 6.92 Å². The van der Waals surface area contributed by atoms with Crippen LogP contribution >= 0.6 is 0 Å². The van der Waals surface area contributed by atoms with Gasteiger partial charge < -0.3 is 19.9 Å². The van der Waals surface area contributed by atoms with Crippen molar-refractivity contribution in [3.05, 3.63) is 29.8 Å². The molecule has 0 radical (unpaired) electrons. The van der Waals surface area contributed by atoms with Crippen molar-refractivity contribution in [3.8, 4) is 0 Å². The first-order chi connectivity index (χ1) is 12.6. The van der Waals surface area contributed by atoms with Gasteiger partial charge in [0.2, 0.25) is 5.91 Å². The van der Waals surface area contributed by atoms with Gasteiger partial charge in [-0.2, -0.15) is 0 Å². The first kappa shape index (κ1) is 20.9. The Morgan fingerprint density at radius 2 is 1.81 bits per heavy atom. The molecule has 0 aromatic heterocycles. The van der Waals surface area contributed by atoms with E-state index in [4.69, 9.17) is 4.74 Å². The van der Waals surface area contributed by atoms with Crippen LogP contribution in [0.4, 0.5) is 19.3 Å². The second-order valence-electron chi connectivity index (χ2n) is 7.52. The minimum atomic E-state index is -0.672. The zero-order chi connectivity index (χ0) is 20.2. The summed E-state index contributed by atoms with van der Waals surface area (Å²) in [6, 6.07) is 2.80. The maximum Gasteiger partial charge on any atom is 0.408 e. The van der Waals surface area contributed by atoms with Gasteiger partial charge in [0.05, 0.1) is 5.69 Å². The molecule has 27 heavy (non-hydrogen) atoms. The number of anilines is 1. The van der Waals surface area contributed by atoms with Crippen LogP contribution in [0.2, 0.25) is 0 Å². The molecule has 1 aromatic rings. The number of amides is 2. The lowest BCUT2D eigenvalue weighted by atomic mass is 10.1. The molecule has 2 amide bonds. The van der Waals surface area contributed by atoms with Crippen molar-refractivity contribution in [1.29, 1.82) is 0 Å². The highest BCUT2D eigenvalue weighted by Crippen LogP contribution is 2.22. The van der Waals surface area contributed by atoms with Crippen molar-refractivity contribution in [3.63, 3.8) is 0 Å². The molecule has 0 bridgehead atoms. The lowest BCUT2D eigenvalue weighted by Gasteiger charge is -2.37. The van der Waals surface area contributed by atoms with E-state index in [1.165, 1.54) is 12.1 Å². The molecule has 1 fully saturated rings. The van der Waals surface area contributed by atoms with Crippen LogP contribution < -0.4 is 10.2 Å². The van der Waals surface area contributed by atoms with Crippen LogP contribution in [0.3, 0.4) is 0 Å². The average Bonchev–Trinajstić information content (AvgIpc) is 2.58. The zero-order valence-corrected chi connectivity index (χ0v) is 16.2. The van der Waals surface area contributed by atoms with E-state index < -0.39 is 29.4 Å². The van der Waals surface area contributed by atoms with Gasteiger partial charge in [-0.05, 0) is 39.3 Å². The fourth-order valence-electron chi connectivity index (χ4n) is 2.91. The number of rotatable bonds is 4. The van der Waals surface area contributed by atoms with E-state index in [0.717, 1.165) is 6.07 Å². The number of hydrogen-bond donors (Lipinski definition) is 1. The number of nitrogens with one attached hydrogen (secondary N) is 1. The molecule has 1 N–H and O–H groups in total. The maximum atomic E-state index is 13.9. The molecule has 1 heterocycles. The van der Waals surface area contributed by atoms with Gasteiger partial charge in [0, 0.05) is 32.2 Å². The van der Waals surface area contributed by atoms with Crippen LogP contribution in [0.15, 0.2) is 18.2 Å². The van der Waals surface area contributed by atoms with Crippen LogP contribution in [-0.2, 0) is 9.53 Å². The van der Waals surface area contributed by atoms with Gasteiger partial charge in [0.15, 0.2) is 0 Å². The summed E-state index contributed by atoms with van der Waals surface area (Å²) in [5, 5.41) is 2.61. The molecule has 1 atom stereocenters. The molecule has 6 nitrogen and oxygen atoms in total. The SMILES string of the molecule is CC[C@H](NC(=O)OC(C)(C)C)C(=O)N1CCN(c2ccc(F)cc2F)CC1. The molecule has 150 valence electrons. The summed E-state index contributed by atoms with van der Waals surface area (Å²) in [6.07, 6.45) is -0.194. The molecular weight excluding hydrogens is 356 g/mol. The van der Waals surface area contributed by atoms with Gasteiger partial charge >= 0.3 is 6.09 Å². The zero-order valence-electron chi connectivity index (χ0n) is 16.2. The van der Waals surface area contributed by atoms with Crippen molar-refractivity contribution in [2.45, 2.75) is 45.8 Å². The second kappa shape index (κ2) is 8.54. The number of hydrogen-bond acceptors (Lipinski definition) is 4. The minimum absolute atomic E-state index is 0.192. The topological polar surface area (TPSA) is 61.9 Å². The van der Waals surface area contributed by atoms with Crippen molar-refractivity contribution in [2.75, 3.05) is 31.1 Å². The number of halogens is 2. The normalized spacial score (nSPS) is 16.1. The van der Waals surface area contributed by atoms with Crippen molar-refractivity contribution < 1.29 is 23.1 Å². The largest absolute Gasteiger partial charge is 0.444 e. The van der Waals surface area contributed by atoms with Gasteiger partial charge in [-0.1, -0.05) is 6.92 Å². The molecule has 1 aliphatic heterocycles. The van der Waals surface area contributed by atoms with Gasteiger partial charge in [-0.3, -0.25) is 4.79 Å². The number of ether oxygens (including phenoxy) is 1. The monoisotopic (exact) mass is 383 g/mol. The van der Waals surface area contributed by atoms with E-state index >= 15 is 0 Å². The molecule has 0 saturated carbocycles. The molecule has 1 aliphatic rings. The lowest BCUT2D eigenvalue weighted by molar-refractivity contribution is -0.133. The number of piperazine rings is 1. The van der Waals surface area contributed by atoms with Crippen molar-refractivity contribution in [2.24, 2.45) is 0 Å². The Hall–Kier alpha value is -2.38.